The Kier molecular flexibility index (Phi) is 6.93. The number of pyridine rings is 1. The van der Waals surface area contributed by atoms with Crippen molar-refractivity contribution in [1.82, 2.24) is 24.8 Å². The Hall–Kier alpha value is -4.91. The zero-order chi connectivity index (χ0) is 31.4. The number of aromatic nitrogens is 3. The monoisotopic (exact) mass is 616 g/mol. The lowest BCUT2D eigenvalue weighted by molar-refractivity contribution is -0.130. The Bertz CT molecular complexity index is 1960. The molecule has 2 aromatic carbocycles. The number of fused-ring (bicyclic) bond motifs is 5. The normalized spacial score (nSPS) is 21.7. The van der Waals surface area contributed by atoms with Crippen LogP contribution in [0.25, 0.3) is 38.5 Å². The van der Waals surface area contributed by atoms with Gasteiger partial charge in [0.15, 0.2) is 5.82 Å². The molecule has 0 saturated carbocycles. The zero-order valence-corrected chi connectivity index (χ0v) is 25.4. The number of halogens is 1. The number of carbonyl (C=O) groups is 1. The van der Waals surface area contributed by atoms with E-state index < -0.39 is 5.82 Å². The fraction of sp³-hybridized carbons (Fsp3) is 0.400. The van der Waals surface area contributed by atoms with Crippen LogP contribution in [0.5, 0.6) is 6.01 Å². The molecule has 2 unspecified atom stereocenters. The number of ether oxygens (including phenoxy) is 1. The summed E-state index contributed by atoms with van der Waals surface area (Å²) < 4.78 is 23.2. The lowest BCUT2D eigenvalue weighted by Gasteiger charge is -2.40. The Balaban J connectivity index is 1.24. The Morgan fingerprint density at radius 2 is 1.87 bits per heavy atom. The van der Waals surface area contributed by atoms with Gasteiger partial charge in [-0.2, -0.15) is 14.8 Å². The summed E-state index contributed by atoms with van der Waals surface area (Å²) in [5.74, 6) is 2.39. The van der Waals surface area contributed by atoms with E-state index in [4.69, 9.17) is 21.7 Å². The molecule has 46 heavy (non-hydrogen) atoms. The zero-order valence-electron chi connectivity index (χ0n) is 25.4. The van der Waals surface area contributed by atoms with Crippen molar-refractivity contribution in [3.8, 4) is 29.6 Å². The number of hydrogen-bond acceptors (Lipinski definition) is 7. The van der Waals surface area contributed by atoms with Crippen molar-refractivity contribution < 1.29 is 18.7 Å². The molecule has 0 spiro atoms. The summed E-state index contributed by atoms with van der Waals surface area (Å²) in [5, 5.41) is 2.13. The quantitative estimate of drug-likeness (QED) is 0.136. The van der Waals surface area contributed by atoms with Crippen LogP contribution >= 0.6 is 0 Å². The summed E-state index contributed by atoms with van der Waals surface area (Å²) in [6.07, 6.45) is 14.4. The van der Waals surface area contributed by atoms with E-state index in [1.807, 2.05) is 36.4 Å². The van der Waals surface area contributed by atoms with Crippen LogP contribution in [-0.4, -0.2) is 92.1 Å². The first kappa shape index (κ1) is 28.6. The maximum absolute atomic E-state index is 16.8. The third-order valence-corrected chi connectivity index (χ3v) is 10.4. The van der Waals surface area contributed by atoms with Crippen molar-refractivity contribution in [2.75, 3.05) is 37.7 Å². The SMILES string of the molecule is C#Cc1cccc2cccc(-c3ncc4c(N5CC6CCC(C5)N6C(=O)C=[N+]=[N-])nc(OCC56CCCN5CCC6)nc4c3F)c12. The van der Waals surface area contributed by atoms with Gasteiger partial charge in [-0.1, -0.05) is 36.3 Å². The third kappa shape index (κ3) is 4.51. The second-order valence-electron chi connectivity index (χ2n) is 12.9. The number of benzene rings is 2. The highest BCUT2D eigenvalue weighted by atomic mass is 19.1. The van der Waals surface area contributed by atoms with Gasteiger partial charge in [0.2, 0.25) is 0 Å². The molecule has 2 aromatic heterocycles. The number of terminal acetylenes is 1. The van der Waals surface area contributed by atoms with Crippen molar-refractivity contribution in [1.29, 1.82) is 0 Å². The van der Waals surface area contributed by atoms with Gasteiger partial charge in [-0.05, 0) is 63.1 Å². The molecule has 232 valence electrons. The number of hydrogen-bond donors (Lipinski definition) is 0. The molecule has 4 aromatic rings. The van der Waals surface area contributed by atoms with Crippen molar-refractivity contribution in [2.24, 2.45) is 0 Å². The van der Waals surface area contributed by atoms with E-state index in [2.05, 4.69) is 30.5 Å². The smallest absolute Gasteiger partial charge is 0.344 e. The van der Waals surface area contributed by atoms with Crippen LogP contribution in [0.3, 0.4) is 0 Å². The number of piperazine rings is 1. The minimum absolute atomic E-state index is 0.0334. The first-order valence-corrected chi connectivity index (χ1v) is 16.0. The highest BCUT2D eigenvalue weighted by molar-refractivity contribution is 6.24. The molecule has 2 atom stereocenters. The summed E-state index contributed by atoms with van der Waals surface area (Å²) in [7, 11) is 0. The van der Waals surface area contributed by atoms with Gasteiger partial charge in [-0.15, -0.1) is 6.42 Å². The van der Waals surface area contributed by atoms with Crippen LogP contribution in [0.2, 0.25) is 0 Å². The van der Waals surface area contributed by atoms with Gasteiger partial charge >= 0.3 is 18.1 Å². The van der Waals surface area contributed by atoms with Crippen LogP contribution in [0, 0.1) is 18.2 Å². The van der Waals surface area contributed by atoms with Gasteiger partial charge in [0.1, 0.15) is 23.6 Å². The standard InChI is InChI=1S/C35H33FN8O2/c1-2-22-7-3-8-23-9-4-10-26(29(22)23)31-30(36)32-27(17-38-31)33(42-19-24-11-12-25(20-42)44(24)28(45)18-39-37)41-34(40-32)46-21-35-13-5-15-43(35)16-6-14-35/h1,3-4,7-10,17-18,24-25H,5-6,11-16,19-21H2. The largest absolute Gasteiger partial charge is 0.461 e. The van der Waals surface area contributed by atoms with Crippen molar-refractivity contribution in [3.63, 3.8) is 0 Å². The fourth-order valence-corrected chi connectivity index (χ4v) is 8.39. The molecule has 4 aliphatic rings. The van der Waals surface area contributed by atoms with Gasteiger partial charge in [-0.3, -0.25) is 14.7 Å². The van der Waals surface area contributed by atoms with Crippen LogP contribution in [-0.2, 0) is 4.79 Å². The van der Waals surface area contributed by atoms with E-state index in [1.165, 1.54) is 0 Å². The van der Waals surface area contributed by atoms with Crippen molar-refractivity contribution in [2.45, 2.75) is 56.1 Å². The predicted molar refractivity (Wildman–Crippen MR) is 172 cm³/mol. The fourth-order valence-electron chi connectivity index (χ4n) is 8.39. The van der Waals surface area contributed by atoms with Crippen molar-refractivity contribution in [3.05, 3.63) is 59.5 Å². The molecule has 4 saturated heterocycles. The summed E-state index contributed by atoms with van der Waals surface area (Å²) in [4.78, 5) is 36.3. The predicted octanol–water partition coefficient (Wildman–Crippen LogP) is 4.45. The highest BCUT2D eigenvalue weighted by Crippen LogP contribution is 2.41. The van der Waals surface area contributed by atoms with E-state index in [9.17, 15) is 4.79 Å². The van der Waals surface area contributed by atoms with Crippen LogP contribution < -0.4 is 9.64 Å². The molecule has 4 fully saturated rings. The summed E-state index contributed by atoms with van der Waals surface area (Å²) in [6.45, 7) is 3.55. The minimum Gasteiger partial charge on any atom is -0.461 e. The number of rotatable bonds is 6. The van der Waals surface area contributed by atoms with E-state index in [0.717, 1.165) is 68.6 Å². The Morgan fingerprint density at radius 3 is 2.59 bits per heavy atom. The molecule has 8 rings (SSSR count). The Labute approximate surface area is 265 Å². The molecule has 11 heteroatoms. The molecular formula is C35H33FN8O2. The second kappa shape index (κ2) is 11.2. The molecular weight excluding hydrogens is 583 g/mol. The van der Waals surface area contributed by atoms with Gasteiger partial charge in [0, 0.05) is 35.8 Å². The Morgan fingerprint density at radius 1 is 1.13 bits per heavy atom. The second-order valence-corrected chi connectivity index (χ2v) is 12.9. The topological polar surface area (TPSA) is 111 Å². The molecule has 6 heterocycles. The number of amides is 1. The van der Waals surface area contributed by atoms with E-state index in [-0.39, 0.29) is 40.8 Å². The average molecular weight is 617 g/mol. The molecule has 0 N–H and O–H groups in total. The molecule has 1 amide bonds. The van der Waals surface area contributed by atoms with E-state index in [1.54, 1.807) is 11.1 Å². The molecule has 2 bridgehead atoms. The average Bonchev–Trinajstić information content (AvgIpc) is 3.74. The molecule has 0 radical (unpaired) electrons. The van der Waals surface area contributed by atoms with Gasteiger partial charge in [0.05, 0.1) is 23.0 Å². The highest BCUT2D eigenvalue weighted by Gasteiger charge is 2.46. The van der Waals surface area contributed by atoms with Crippen molar-refractivity contribution >= 4 is 39.6 Å². The third-order valence-electron chi connectivity index (χ3n) is 10.4. The summed E-state index contributed by atoms with van der Waals surface area (Å²) >= 11 is 0. The lowest BCUT2D eigenvalue weighted by Crippen LogP contribution is -2.56. The number of carbonyl (C=O) groups excluding carboxylic acids is 1. The maximum atomic E-state index is 16.8. The van der Waals surface area contributed by atoms with Gasteiger partial charge < -0.3 is 20.1 Å². The molecule has 0 aliphatic carbocycles. The first-order chi connectivity index (χ1) is 22.5. The van der Waals surface area contributed by atoms with E-state index >= 15 is 4.39 Å². The summed E-state index contributed by atoms with van der Waals surface area (Å²) in [6, 6.07) is 11.3. The van der Waals surface area contributed by atoms with E-state index in [0.29, 0.717) is 42.0 Å². The molecule has 4 aliphatic heterocycles. The van der Waals surface area contributed by atoms with Gasteiger partial charge in [0.25, 0.3) is 0 Å². The van der Waals surface area contributed by atoms with Crippen LogP contribution in [0.4, 0.5) is 10.2 Å². The summed E-state index contributed by atoms with van der Waals surface area (Å²) in [5.41, 5.74) is 10.5. The van der Waals surface area contributed by atoms with Gasteiger partial charge in [-0.25, -0.2) is 4.39 Å². The number of nitrogens with zero attached hydrogens (tertiary/aromatic N) is 8. The maximum Gasteiger partial charge on any atom is 0.344 e. The van der Waals surface area contributed by atoms with Crippen LogP contribution in [0.1, 0.15) is 44.1 Å². The lowest BCUT2D eigenvalue weighted by atomic mass is 9.95. The number of anilines is 1. The van der Waals surface area contributed by atoms with Crippen LogP contribution in [0.15, 0.2) is 42.6 Å². The first-order valence-electron chi connectivity index (χ1n) is 16.0. The minimum atomic E-state index is -0.567. The molecule has 10 nitrogen and oxygen atoms in total.